The van der Waals surface area contributed by atoms with Crippen LogP contribution in [-0.2, 0) is 12.8 Å². The predicted octanol–water partition coefficient (Wildman–Crippen LogP) is 9.09. The average Bonchev–Trinajstić information content (AvgIpc) is 3.24. The molecular formula is C32H23Cl. The van der Waals surface area contributed by atoms with Crippen LogP contribution in [0.5, 0.6) is 0 Å². The summed E-state index contributed by atoms with van der Waals surface area (Å²) >= 11 is 6.62. The second-order valence-corrected chi connectivity index (χ2v) is 9.93. The van der Waals surface area contributed by atoms with Crippen LogP contribution in [0.3, 0.4) is 0 Å². The van der Waals surface area contributed by atoms with Crippen LogP contribution in [0.1, 0.15) is 29.2 Å². The van der Waals surface area contributed by atoms with Crippen molar-refractivity contribution in [2.24, 2.45) is 5.92 Å². The average molecular weight is 443 g/mol. The molecule has 5 aromatic rings. The monoisotopic (exact) mass is 442 g/mol. The van der Waals surface area contributed by atoms with Crippen molar-refractivity contribution >= 4 is 39.2 Å². The van der Waals surface area contributed by atoms with E-state index in [4.69, 9.17) is 11.6 Å². The van der Waals surface area contributed by atoms with Gasteiger partial charge in [0.25, 0.3) is 0 Å². The maximum atomic E-state index is 6.62. The van der Waals surface area contributed by atoms with Crippen LogP contribution in [0.2, 0.25) is 5.02 Å². The highest BCUT2D eigenvalue weighted by molar-refractivity contribution is 6.33. The van der Waals surface area contributed by atoms with Gasteiger partial charge in [-0.1, -0.05) is 97.4 Å². The molecule has 0 fully saturated rings. The van der Waals surface area contributed by atoms with E-state index in [1.54, 1.807) is 0 Å². The summed E-state index contributed by atoms with van der Waals surface area (Å²) in [5.41, 5.74) is 10.7. The standard InChI is InChI=1S/C32H23Cl/c1-19-12-14-25-23-7-2-3-8-24(23)26-15-13-20(17-30(26)28(25)16-19)22-9-5-10-27-29(22)18-21-6-4-11-31(33)32(21)27/h2-15,17,19H,16,18H2,1H3. The largest absolute Gasteiger partial charge is 0.0837 e. The zero-order chi connectivity index (χ0) is 22.1. The van der Waals surface area contributed by atoms with Gasteiger partial charge in [-0.05, 0) is 91.4 Å². The Morgan fingerprint density at radius 1 is 0.727 bits per heavy atom. The minimum atomic E-state index is 0.558. The smallest absolute Gasteiger partial charge is 0.0487 e. The fraction of sp³-hybridized carbons (Fsp3) is 0.125. The molecule has 2 aliphatic rings. The normalized spacial score (nSPS) is 16.1. The van der Waals surface area contributed by atoms with E-state index in [1.807, 2.05) is 6.07 Å². The van der Waals surface area contributed by atoms with Crippen molar-refractivity contribution in [1.82, 2.24) is 0 Å². The van der Waals surface area contributed by atoms with E-state index in [1.165, 1.54) is 66.1 Å². The zero-order valence-electron chi connectivity index (χ0n) is 18.5. The molecule has 0 bridgehead atoms. The van der Waals surface area contributed by atoms with E-state index in [0.29, 0.717) is 5.92 Å². The number of fused-ring (bicyclic) bond motifs is 9. The lowest BCUT2D eigenvalue weighted by molar-refractivity contribution is 0.722. The molecular weight excluding hydrogens is 420 g/mol. The van der Waals surface area contributed by atoms with Gasteiger partial charge in [-0.25, -0.2) is 0 Å². The molecule has 0 nitrogen and oxygen atoms in total. The summed E-state index contributed by atoms with van der Waals surface area (Å²) in [4.78, 5) is 0. The summed E-state index contributed by atoms with van der Waals surface area (Å²) in [6, 6.07) is 28.9. The lowest BCUT2D eigenvalue weighted by Gasteiger charge is -2.22. The molecule has 0 aromatic heterocycles. The Labute approximate surface area is 199 Å². The SMILES string of the molecule is CC1C=Cc2c(c3cc(-c4cccc5c4Cc4cccc(Cl)c4-5)ccc3c3ccccc23)C1. The number of hydrogen-bond acceptors (Lipinski definition) is 0. The molecule has 0 N–H and O–H groups in total. The maximum absolute atomic E-state index is 6.62. The topological polar surface area (TPSA) is 0 Å². The minimum Gasteiger partial charge on any atom is -0.0837 e. The van der Waals surface area contributed by atoms with Gasteiger partial charge >= 0.3 is 0 Å². The molecule has 7 rings (SSSR count). The summed E-state index contributed by atoms with van der Waals surface area (Å²) in [6.07, 6.45) is 6.73. The Bertz CT molecular complexity index is 1640. The molecule has 0 amide bonds. The number of rotatable bonds is 1. The molecule has 1 atom stereocenters. The van der Waals surface area contributed by atoms with Crippen molar-refractivity contribution in [2.45, 2.75) is 19.8 Å². The lowest BCUT2D eigenvalue weighted by atomic mass is 9.82. The fourth-order valence-electron chi connectivity index (χ4n) is 6.01. The first-order valence-corrected chi connectivity index (χ1v) is 12.1. The Hall–Kier alpha value is -3.35. The third-order valence-electron chi connectivity index (χ3n) is 7.52. The fourth-order valence-corrected chi connectivity index (χ4v) is 6.30. The summed E-state index contributed by atoms with van der Waals surface area (Å²) in [5, 5.41) is 6.30. The summed E-state index contributed by atoms with van der Waals surface area (Å²) in [6.45, 7) is 2.31. The first kappa shape index (κ1) is 19.1. The van der Waals surface area contributed by atoms with Crippen molar-refractivity contribution < 1.29 is 0 Å². The summed E-state index contributed by atoms with van der Waals surface area (Å²) in [5.74, 6) is 0.558. The highest BCUT2D eigenvalue weighted by Gasteiger charge is 2.24. The van der Waals surface area contributed by atoms with Crippen LogP contribution < -0.4 is 0 Å². The Morgan fingerprint density at radius 2 is 1.52 bits per heavy atom. The number of allylic oxidation sites excluding steroid dienone is 1. The van der Waals surface area contributed by atoms with Crippen LogP contribution >= 0.6 is 11.6 Å². The Morgan fingerprint density at radius 3 is 2.42 bits per heavy atom. The zero-order valence-corrected chi connectivity index (χ0v) is 19.3. The van der Waals surface area contributed by atoms with Gasteiger partial charge in [-0.3, -0.25) is 0 Å². The van der Waals surface area contributed by atoms with Crippen LogP contribution in [0, 0.1) is 5.92 Å². The lowest BCUT2D eigenvalue weighted by Crippen LogP contribution is -2.05. The first-order valence-electron chi connectivity index (χ1n) is 11.7. The van der Waals surface area contributed by atoms with Crippen molar-refractivity contribution in [1.29, 1.82) is 0 Å². The molecule has 5 aromatic carbocycles. The predicted molar refractivity (Wildman–Crippen MR) is 142 cm³/mol. The molecule has 158 valence electrons. The van der Waals surface area contributed by atoms with E-state index in [-0.39, 0.29) is 0 Å². The quantitative estimate of drug-likeness (QED) is 0.223. The van der Waals surface area contributed by atoms with Gasteiger partial charge in [0, 0.05) is 10.6 Å². The molecule has 0 heterocycles. The van der Waals surface area contributed by atoms with Crippen molar-refractivity contribution in [3.8, 4) is 22.3 Å². The molecule has 0 spiro atoms. The summed E-state index contributed by atoms with van der Waals surface area (Å²) in [7, 11) is 0. The second kappa shape index (κ2) is 7.07. The van der Waals surface area contributed by atoms with Gasteiger partial charge in [0.2, 0.25) is 0 Å². The van der Waals surface area contributed by atoms with Gasteiger partial charge in [0.05, 0.1) is 0 Å². The maximum Gasteiger partial charge on any atom is 0.0487 e. The molecule has 0 radical (unpaired) electrons. The van der Waals surface area contributed by atoms with Crippen molar-refractivity contribution in [3.63, 3.8) is 0 Å². The molecule has 0 aliphatic heterocycles. The van der Waals surface area contributed by atoms with Crippen LogP contribution in [0.25, 0.3) is 49.9 Å². The van der Waals surface area contributed by atoms with Crippen molar-refractivity contribution in [3.05, 3.63) is 112 Å². The van der Waals surface area contributed by atoms with Crippen LogP contribution in [0.15, 0.2) is 84.9 Å². The number of halogens is 1. The van der Waals surface area contributed by atoms with E-state index in [9.17, 15) is 0 Å². The van der Waals surface area contributed by atoms with Crippen LogP contribution in [-0.4, -0.2) is 0 Å². The van der Waals surface area contributed by atoms with Gasteiger partial charge in [0.1, 0.15) is 0 Å². The van der Waals surface area contributed by atoms with Gasteiger partial charge < -0.3 is 0 Å². The van der Waals surface area contributed by atoms with Gasteiger partial charge in [-0.2, -0.15) is 0 Å². The Balaban J connectivity index is 1.50. The van der Waals surface area contributed by atoms with Gasteiger partial charge in [-0.15, -0.1) is 0 Å². The Kier molecular flexibility index (Phi) is 4.10. The van der Waals surface area contributed by atoms with Crippen LogP contribution in [0.4, 0.5) is 0 Å². The van der Waals surface area contributed by atoms with E-state index in [0.717, 1.165) is 17.9 Å². The molecule has 0 saturated carbocycles. The molecule has 0 saturated heterocycles. The molecule has 1 unspecified atom stereocenters. The van der Waals surface area contributed by atoms with E-state index >= 15 is 0 Å². The molecule has 33 heavy (non-hydrogen) atoms. The summed E-state index contributed by atoms with van der Waals surface area (Å²) < 4.78 is 0. The second-order valence-electron chi connectivity index (χ2n) is 9.52. The third-order valence-corrected chi connectivity index (χ3v) is 7.83. The van der Waals surface area contributed by atoms with Gasteiger partial charge in [0.15, 0.2) is 0 Å². The third kappa shape index (κ3) is 2.77. The minimum absolute atomic E-state index is 0.558. The van der Waals surface area contributed by atoms with E-state index < -0.39 is 0 Å². The number of benzene rings is 5. The van der Waals surface area contributed by atoms with Crippen molar-refractivity contribution in [2.75, 3.05) is 0 Å². The molecule has 1 heteroatoms. The van der Waals surface area contributed by atoms with E-state index in [2.05, 4.69) is 91.9 Å². The number of hydrogen-bond donors (Lipinski definition) is 0. The molecule has 2 aliphatic carbocycles. The highest BCUT2D eigenvalue weighted by Crippen LogP contribution is 2.46. The highest BCUT2D eigenvalue weighted by atomic mass is 35.5. The first-order chi connectivity index (χ1) is 16.2.